The zero-order valence-corrected chi connectivity index (χ0v) is 20.5. The lowest BCUT2D eigenvalue weighted by Crippen LogP contribution is -2.55. The molecule has 186 valence electrons. The second-order valence-electron chi connectivity index (χ2n) is 9.65. The van der Waals surface area contributed by atoms with E-state index in [-0.39, 0.29) is 17.6 Å². The van der Waals surface area contributed by atoms with Gasteiger partial charge in [0.05, 0.1) is 22.9 Å². The predicted molar refractivity (Wildman–Crippen MR) is 135 cm³/mol. The molecule has 0 bridgehead atoms. The molecule has 1 saturated carbocycles. The van der Waals surface area contributed by atoms with Crippen LogP contribution in [0.25, 0.3) is 0 Å². The maximum atomic E-state index is 13.8. The molecule has 0 radical (unpaired) electrons. The fourth-order valence-corrected chi connectivity index (χ4v) is 5.29. The lowest BCUT2D eigenvalue weighted by Gasteiger charge is -2.40. The number of benzodiazepines with no additional fused rings is 1. The second-order valence-corrected chi connectivity index (χ2v) is 9.65. The Labute approximate surface area is 206 Å². The molecule has 2 aliphatic rings. The highest BCUT2D eigenvalue weighted by Gasteiger charge is 2.46. The van der Waals surface area contributed by atoms with E-state index in [0.29, 0.717) is 36.2 Å². The molecule has 0 spiro atoms. The second kappa shape index (κ2) is 10.7. The summed E-state index contributed by atoms with van der Waals surface area (Å²) in [5, 5.41) is 14.0. The number of hydrogen-bond acceptors (Lipinski definition) is 4. The smallest absolute Gasteiger partial charge is 0.272 e. The van der Waals surface area contributed by atoms with Gasteiger partial charge in [-0.3, -0.25) is 9.59 Å². The molecule has 2 unspecified atom stereocenters. The molecule has 1 fully saturated rings. The van der Waals surface area contributed by atoms with E-state index in [1.807, 2.05) is 24.3 Å². The monoisotopic (exact) mass is 479 g/mol. The van der Waals surface area contributed by atoms with Crippen LogP contribution in [0, 0.1) is 11.2 Å². The van der Waals surface area contributed by atoms with Gasteiger partial charge in [-0.05, 0) is 49.6 Å². The van der Waals surface area contributed by atoms with Crippen molar-refractivity contribution in [2.75, 3.05) is 11.9 Å². The zero-order valence-electron chi connectivity index (χ0n) is 20.5. The Morgan fingerprint density at radius 2 is 1.86 bits per heavy atom. The van der Waals surface area contributed by atoms with E-state index in [9.17, 15) is 19.1 Å². The molecule has 6 nitrogen and oxygen atoms in total. The molecule has 1 aliphatic heterocycles. The number of anilines is 1. The molecule has 2 aromatic rings. The number of para-hydroxylation sites is 1. The molecule has 0 saturated heterocycles. The van der Waals surface area contributed by atoms with Crippen LogP contribution >= 0.6 is 0 Å². The molecule has 0 aromatic heterocycles. The zero-order chi connectivity index (χ0) is 25.0. The molecule has 1 heterocycles. The molecule has 7 heteroatoms. The van der Waals surface area contributed by atoms with Crippen molar-refractivity contribution < 1.29 is 19.1 Å². The van der Waals surface area contributed by atoms with Crippen LogP contribution in [-0.2, 0) is 9.59 Å². The highest BCUT2D eigenvalue weighted by molar-refractivity contribution is 6.20. The maximum absolute atomic E-state index is 13.8. The number of nitrogens with one attached hydrogen (secondary N) is 1. The van der Waals surface area contributed by atoms with Gasteiger partial charge in [0.15, 0.2) is 0 Å². The van der Waals surface area contributed by atoms with Crippen LogP contribution in [0.4, 0.5) is 10.1 Å². The summed E-state index contributed by atoms with van der Waals surface area (Å²) in [4.78, 5) is 33.5. The van der Waals surface area contributed by atoms with Crippen molar-refractivity contribution in [1.29, 1.82) is 0 Å². The standard InChI is InChI=1S/C28H34FN3O3/c1-3-4-12-23(33)28(17-8-5-9-18-28)27(35)31-25-26(34)32(2)22-11-7-6-10-21(22)24(30-25)19-13-15-20(29)16-14-19/h6-7,10-11,13-16,23,25,33H,3-5,8-9,12,17-18H2,1-2H3,(H,31,35). The Balaban J connectivity index is 1.72. The molecule has 2 atom stereocenters. The van der Waals surface area contributed by atoms with E-state index in [1.165, 1.54) is 17.0 Å². The summed E-state index contributed by atoms with van der Waals surface area (Å²) in [5.41, 5.74) is 1.62. The van der Waals surface area contributed by atoms with Crippen molar-refractivity contribution in [1.82, 2.24) is 5.32 Å². The van der Waals surface area contributed by atoms with E-state index < -0.39 is 17.7 Å². The van der Waals surface area contributed by atoms with Crippen molar-refractivity contribution in [2.45, 2.75) is 70.6 Å². The van der Waals surface area contributed by atoms with Crippen LogP contribution in [0.2, 0.25) is 0 Å². The van der Waals surface area contributed by atoms with Gasteiger partial charge in [0, 0.05) is 18.2 Å². The summed E-state index contributed by atoms with van der Waals surface area (Å²) in [7, 11) is 1.66. The number of aliphatic imine (C=N–C) groups is 1. The number of benzene rings is 2. The Kier molecular flexibility index (Phi) is 7.65. The summed E-state index contributed by atoms with van der Waals surface area (Å²) < 4.78 is 13.6. The molecule has 2 N–H and O–H groups in total. The first-order valence-electron chi connectivity index (χ1n) is 12.6. The normalized spacial score (nSPS) is 20.5. The SMILES string of the molecule is CCCCC(O)C1(C(=O)NC2N=C(c3ccc(F)cc3)c3ccccc3N(C)C2=O)CCCCC1. The minimum atomic E-state index is -1.16. The van der Waals surface area contributed by atoms with Gasteiger partial charge in [0.25, 0.3) is 5.91 Å². The Hall–Kier alpha value is -3.06. The van der Waals surface area contributed by atoms with Gasteiger partial charge in [-0.25, -0.2) is 9.38 Å². The summed E-state index contributed by atoms with van der Waals surface area (Å²) in [5.74, 6) is -1.05. The fourth-order valence-electron chi connectivity index (χ4n) is 5.29. The lowest BCUT2D eigenvalue weighted by atomic mass is 9.68. The number of halogens is 1. The number of rotatable bonds is 7. The Bertz CT molecular complexity index is 1090. The van der Waals surface area contributed by atoms with Crippen molar-refractivity contribution >= 4 is 23.2 Å². The van der Waals surface area contributed by atoms with Crippen molar-refractivity contribution in [3.8, 4) is 0 Å². The fraction of sp³-hybridized carbons (Fsp3) is 0.464. The average Bonchev–Trinajstić information content (AvgIpc) is 2.99. The molecule has 1 aliphatic carbocycles. The first kappa shape index (κ1) is 25.0. The number of likely N-dealkylation sites (N-methyl/N-ethyl adjacent to an activating group) is 1. The number of amides is 2. The number of aliphatic hydroxyl groups excluding tert-OH is 1. The maximum Gasteiger partial charge on any atom is 0.272 e. The third kappa shape index (κ3) is 5.01. The third-order valence-electron chi connectivity index (χ3n) is 7.40. The van der Waals surface area contributed by atoms with E-state index in [2.05, 4.69) is 12.2 Å². The quantitative estimate of drug-likeness (QED) is 0.610. The molecular formula is C28H34FN3O3. The summed E-state index contributed by atoms with van der Waals surface area (Å²) in [6, 6.07) is 13.3. The molecule has 2 amide bonds. The minimum absolute atomic E-state index is 0.319. The van der Waals surface area contributed by atoms with Gasteiger partial charge in [0.1, 0.15) is 5.82 Å². The van der Waals surface area contributed by atoms with E-state index >= 15 is 0 Å². The number of fused-ring (bicyclic) bond motifs is 1. The topological polar surface area (TPSA) is 82.0 Å². The lowest BCUT2D eigenvalue weighted by molar-refractivity contribution is -0.144. The van der Waals surface area contributed by atoms with E-state index in [0.717, 1.165) is 37.7 Å². The van der Waals surface area contributed by atoms with Crippen molar-refractivity contribution in [3.05, 3.63) is 65.5 Å². The van der Waals surface area contributed by atoms with Gasteiger partial charge in [-0.15, -0.1) is 0 Å². The summed E-state index contributed by atoms with van der Waals surface area (Å²) in [6.07, 6.45) is 4.35. The number of unbranched alkanes of at least 4 members (excludes halogenated alkanes) is 1. The van der Waals surface area contributed by atoms with Crippen LogP contribution in [0.3, 0.4) is 0 Å². The molecule has 2 aromatic carbocycles. The minimum Gasteiger partial charge on any atom is -0.392 e. The van der Waals surface area contributed by atoms with Crippen LogP contribution in [0.15, 0.2) is 53.5 Å². The van der Waals surface area contributed by atoms with Crippen LogP contribution < -0.4 is 10.2 Å². The number of nitrogens with zero attached hydrogens (tertiary/aromatic N) is 2. The first-order valence-corrected chi connectivity index (χ1v) is 12.6. The molecular weight excluding hydrogens is 445 g/mol. The van der Waals surface area contributed by atoms with Gasteiger partial charge in [-0.2, -0.15) is 0 Å². The van der Waals surface area contributed by atoms with Gasteiger partial charge in [0.2, 0.25) is 12.1 Å². The van der Waals surface area contributed by atoms with E-state index in [4.69, 9.17) is 4.99 Å². The highest BCUT2D eigenvalue weighted by Crippen LogP contribution is 2.41. The Morgan fingerprint density at radius 1 is 1.17 bits per heavy atom. The molecule has 35 heavy (non-hydrogen) atoms. The predicted octanol–water partition coefficient (Wildman–Crippen LogP) is 4.58. The largest absolute Gasteiger partial charge is 0.392 e. The number of aliphatic hydroxyl groups is 1. The Morgan fingerprint density at radius 3 is 2.54 bits per heavy atom. The van der Waals surface area contributed by atoms with Crippen LogP contribution in [0.1, 0.15) is 69.4 Å². The number of hydrogen-bond donors (Lipinski definition) is 2. The highest BCUT2D eigenvalue weighted by atomic mass is 19.1. The number of carbonyl (C=O) groups excluding carboxylic acids is 2. The van der Waals surface area contributed by atoms with Gasteiger partial charge >= 0.3 is 0 Å². The van der Waals surface area contributed by atoms with Gasteiger partial charge < -0.3 is 15.3 Å². The summed E-state index contributed by atoms with van der Waals surface area (Å²) in [6.45, 7) is 2.06. The third-order valence-corrected chi connectivity index (χ3v) is 7.40. The van der Waals surface area contributed by atoms with Crippen LogP contribution in [-0.4, -0.2) is 41.9 Å². The van der Waals surface area contributed by atoms with E-state index in [1.54, 1.807) is 19.2 Å². The average molecular weight is 480 g/mol. The first-order chi connectivity index (χ1) is 16.9. The van der Waals surface area contributed by atoms with Crippen molar-refractivity contribution in [3.63, 3.8) is 0 Å². The summed E-state index contributed by atoms with van der Waals surface area (Å²) >= 11 is 0. The van der Waals surface area contributed by atoms with Crippen LogP contribution in [0.5, 0.6) is 0 Å². The van der Waals surface area contributed by atoms with Gasteiger partial charge in [-0.1, -0.05) is 57.2 Å². The molecule has 4 rings (SSSR count). The number of carbonyl (C=O) groups is 2. The van der Waals surface area contributed by atoms with Crippen molar-refractivity contribution in [2.24, 2.45) is 10.4 Å².